The zero-order chi connectivity index (χ0) is 18.2. The number of piperazine rings is 1. The number of aliphatic imine (C=N–C) groups is 1. The Hall–Kier alpha value is -2.21. The Morgan fingerprint density at radius 2 is 2.00 bits per heavy atom. The third kappa shape index (κ3) is 3.44. The highest BCUT2D eigenvalue weighted by molar-refractivity contribution is 6.09. The van der Waals surface area contributed by atoms with Crippen LogP contribution in [0.4, 0.5) is 0 Å². The number of hydrogen-bond donors (Lipinski definition) is 0. The molecule has 0 saturated carbocycles. The fraction of sp³-hybridized carbons (Fsp3) is 0.526. The number of hydrogen-bond acceptors (Lipinski definition) is 4. The fourth-order valence-corrected chi connectivity index (χ4v) is 3.65. The first-order chi connectivity index (χ1) is 11.8. The van der Waals surface area contributed by atoms with E-state index in [2.05, 4.69) is 16.5 Å². The van der Waals surface area contributed by atoms with Gasteiger partial charge in [0.15, 0.2) is 0 Å². The summed E-state index contributed by atoms with van der Waals surface area (Å²) in [5.41, 5.74) is 1.25. The van der Waals surface area contributed by atoms with Crippen LogP contribution in [0.15, 0.2) is 41.1 Å². The number of carbonyl (C=O) groups excluding carboxylic acids is 2. The molecular weight excluding hydrogens is 316 g/mol. The van der Waals surface area contributed by atoms with Gasteiger partial charge in [0.05, 0.1) is 6.42 Å². The van der Waals surface area contributed by atoms with E-state index in [9.17, 15) is 9.59 Å². The lowest BCUT2D eigenvalue weighted by Gasteiger charge is -2.46. The number of allylic oxidation sites excluding steroid dienone is 2. The molecular formula is C19H26N4O2. The SMILES string of the molecule is C=C(C)CN1CCN(C(=O)[C@@]2(C)CC(=O)N=C3C=C(C)C=CN32)CC1. The van der Waals surface area contributed by atoms with Crippen molar-refractivity contribution in [3.8, 4) is 0 Å². The van der Waals surface area contributed by atoms with E-state index in [0.717, 1.165) is 30.8 Å². The lowest BCUT2D eigenvalue weighted by molar-refractivity contribution is -0.145. The van der Waals surface area contributed by atoms with E-state index in [1.165, 1.54) is 0 Å². The molecule has 1 atom stereocenters. The first-order valence-corrected chi connectivity index (χ1v) is 8.73. The van der Waals surface area contributed by atoms with Crippen LogP contribution in [0.2, 0.25) is 0 Å². The molecule has 1 saturated heterocycles. The summed E-state index contributed by atoms with van der Waals surface area (Å²) in [6.07, 6.45) is 5.78. The normalized spacial score (nSPS) is 26.9. The predicted octanol–water partition coefficient (Wildman–Crippen LogP) is 1.57. The summed E-state index contributed by atoms with van der Waals surface area (Å²) in [7, 11) is 0. The van der Waals surface area contributed by atoms with Crippen molar-refractivity contribution in [3.63, 3.8) is 0 Å². The van der Waals surface area contributed by atoms with Crippen molar-refractivity contribution < 1.29 is 9.59 Å². The Morgan fingerprint density at radius 3 is 2.64 bits per heavy atom. The summed E-state index contributed by atoms with van der Waals surface area (Å²) in [5.74, 6) is 0.330. The topological polar surface area (TPSA) is 56.2 Å². The first kappa shape index (κ1) is 17.6. The maximum Gasteiger partial charge on any atom is 0.250 e. The van der Waals surface area contributed by atoms with E-state index >= 15 is 0 Å². The highest BCUT2D eigenvalue weighted by Gasteiger charge is 2.47. The maximum absolute atomic E-state index is 13.3. The molecule has 0 unspecified atom stereocenters. The van der Waals surface area contributed by atoms with Crippen LogP contribution in [-0.4, -0.2) is 70.6 Å². The minimum atomic E-state index is -0.904. The van der Waals surface area contributed by atoms with Crippen LogP contribution < -0.4 is 0 Å². The lowest BCUT2D eigenvalue weighted by atomic mass is 9.89. The predicted molar refractivity (Wildman–Crippen MR) is 98.0 cm³/mol. The van der Waals surface area contributed by atoms with Crippen LogP contribution in [0.3, 0.4) is 0 Å². The molecule has 0 aromatic carbocycles. The average molecular weight is 342 g/mol. The molecule has 0 aromatic heterocycles. The molecule has 2 amide bonds. The average Bonchev–Trinajstić information content (AvgIpc) is 2.53. The summed E-state index contributed by atoms with van der Waals surface area (Å²) < 4.78 is 0. The first-order valence-electron chi connectivity index (χ1n) is 8.73. The second kappa shape index (κ2) is 6.59. The van der Waals surface area contributed by atoms with Gasteiger partial charge in [0.1, 0.15) is 11.4 Å². The fourth-order valence-electron chi connectivity index (χ4n) is 3.65. The highest BCUT2D eigenvalue weighted by Crippen LogP contribution is 2.31. The smallest absolute Gasteiger partial charge is 0.250 e. The van der Waals surface area contributed by atoms with Crippen molar-refractivity contribution in [1.29, 1.82) is 0 Å². The summed E-state index contributed by atoms with van der Waals surface area (Å²) in [4.78, 5) is 35.6. The van der Waals surface area contributed by atoms with Crippen LogP contribution in [-0.2, 0) is 9.59 Å². The zero-order valence-electron chi connectivity index (χ0n) is 15.3. The minimum absolute atomic E-state index is 0.000767. The van der Waals surface area contributed by atoms with Crippen molar-refractivity contribution in [1.82, 2.24) is 14.7 Å². The maximum atomic E-state index is 13.3. The number of amidine groups is 1. The third-order valence-corrected chi connectivity index (χ3v) is 4.97. The Kier molecular flexibility index (Phi) is 4.64. The van der Waals surface area contributed by atoms with Gasteiger partial charge in [0, 0.05) is 38.9 Å². The van der Waals surface area contributed by atoms with Gasteiger partial charge in [0.2, 0.25) is 5.91 Å². The molecule has 0 radical (unpaired) electrons. The molecule has 134 valence electrons. The van der Waals surface area contributed by atoms with Gasteiger partial charge in [0.25, 0.3) is 5.91 Å². The number of fused-ring (bicyclic) bond motifs is 1. The van der Waals surface area contributed by atoms with Crippen molar-refractivity contribution in [2.24, 2.45) is 4.99 Å². The van der Waals surface area contributed by atoms with Crippen LogP contribution in [0.5, 0.6) is 0 Å². The molecule has 6 heteroatoms. The number of nitrogens with zero attached hydrogens (tertiary/aromatic N) is 4. The van der Waals surface area contributed by atoms with E-state index < -0.39 is 5.54 Å². The van der Waals surface area contributed by atoms with Gasteiger partial charge in [-0.2, -0.15) is 4.99 Å². The second-order valence-corrected chi connectivity index (χ2v) is 7.41. The van der Waals surface area contributed by atoms with E-state index in [1.807, 2.05) is 48.9 Å². The van der Waals surface area contributed by atoms with E-state index in [4.69, 9.17) is 0 Å². The summed E-state index contributed by atoms with van der Waals surface area (Å²) in [6, 6.07) is 0. The largest absolute Gasteiger partial charge is 0.338 e. The molecule has 3 rings (SSSR count). The molecule has 3 aliphatic rings. The third-order valence-electron chi connectivity index (χ3n) is 4.97. The number of amides is 2. The molecule has 6 nitrogen and oxygen atoms in total. The number of carbonyl (C=O) groups is 2. The van der Waals surface area contributed by atoms with E-state index in [0.29, 0.717) is 18.9 Å². The van der Waals surface area contributed by atoms with Gasteiger partial charge < -0.3 is 9.80 Å². The minimum Gasteiger partial charge on any atom is -0.338 e. The van der Waals surface area contributed by atoms with Gasteiger partial charge in [-0.25, -0.2) is 0 Å². The molecule has 0 N–H and O–H groups in total. The Bertz CT molecular complexity index is 698. The second-order valence-electron chi connectivity index (χ2n) is 7.41. The summed E-state index contributed by atoms with van der Waals surface area (Å²) >= 11 is 0. The lowest BCUT2D eigenvalue weighted by Crippen LogP contribution is -2.63. The Morgan fingerprint density at radius 1 is 1.32 bits per heavy atom. The Labute approximate surface area is 149 Å². The van der Waals surface area contributed by atoms with Crippen molar-refractivity contribution in [2.75, 3.05) is 32.7 Å². The van der Waals surface area contributed by atoms with E-state index in [-0.39, 0.29) is 18.2 Å². The van der Waals surface area contributed by atoms with Gasteiger partial charge >= 0.3 is 0 Å². The summed E-state index contributed by atoms with van der Waals surface area (Å²) in [5, 5.41) is 0. The van der Waals surface area contributed by atoms with Crippen LogP contribution >= 0.6 is 0 Å². The molecule has 25 heavy (non-hydrogen) atoms. The van der Waals surface area contributed by atoms with Crippen molar-refractivity contribution in [3.05, 3.63) is 36.1 Å². The molecule has 0 spiro atoms. The molecule has 0 aromatic rings. The monoisotopic (exact) mass is 342 g/mol. The Balaban J connectivity index is 1.76. The van der Waals surface area contributed by atoms with Gasteiger partial charge in [-0.1, -0.05) is 12.2 Å². The summed E-state index contributed by atoms with van der Waals surface area (Å²) in [6.45, 7) is 13.7. The number of rotatable bonds is 3. The van der Waals surface area contributed by atoms with Gasteiger partial charge in [-0.3, -0.25) is 14.5 Å². The van der Waals surface area contributed by atoms with Gasteiger partial charge in [-0.15, -0.1) is 0 Å². The van der Waals surface area contributed by atoms with E-state index in [1.54, 1.807) is 0 Å². The molecule has 3 aliphatic heterocycles. The van der Waals surface area contributed by atoms with Gasteiger partial charge in [-0.05, 0) is 38.5 Å². The standard InChI is InChI=1S/C19H26N4O2/c1-14(2)13-21-7-9-22(10-8-21)18(25)19(4)12-17(24)20-16-11-15(3)5-6-23(16)19/h5-6,11H,1,7-10,12-13H2,2-4H3/t19-/m1/s1. The van der Waals surface area contributed by atoms with Crippen LogP contribution in [0, 0.1) is 0 Å². The zero-order valence-corrected chi connectivity index (χ0v) is 15.3. The molecule has 0 bridgehead atoms. The molecule has 3 heterocycles. The van der Waals surface area contributed by atoms with Crippen LogP contribution in [0.25, 0.3) is 0 Å². The van der Waals surface area contributed by atoms with Crippen molar-refractivity contribution in [2.45, 2.75) is 32.7 Å². The molecule has 0 aliphatic carbocycles. The molecule has 1 fully saturated rings. The quantitative estimate of drug-likeness (QED) is 0.731. The highest BCUT2D eigenvalue weighted by atomic mass is 16.2. The van der Waals surface area contributed by atoms with Crippen molar-refractivity contribution >= 4 is 17.6 Å². The van der Waals surface area contributed by atoms with Crippen LogP contribution in [0.1, 0.15) is 27.2 Å².